The van der Waals surface area contributed by atoms with Crippen LogP contribution in [0.1, 0.15) is 23.2 Å². The molecule has 2 N–H and O–H groups in total. The third-order valence-corrected chi connectivity index (χ3v) is 4.30. The molecule has 8 nitrogen and oxygen atoms in total. The average molecular weight is 347 g/mol. The van der Waals surface area contributed by atoms with Crippen molar-refractivity contribution in [1.29, 1.82) is 0 Å². The summed E-state index contributed by atoms with van der Waals surface area (Å²) in [6, 6.07) is 5.79. The van der Waals surface area contributed by atoms with Crippen LogP contribution in [0.15, 0.2) is 31.8 Å². The lowest BCUT2D eigenvalue weighted by atomic mass is 9.77. The van der Waals surface area contributed by atoms with Crippen LogP contribution in [-0.4, -0.2) is 33.0 Å². The molecule has 0 bridgehead atoms. The van der Waals surface area contributed by atoms with Gasteiger partial charge in [0.05, 0.1) is 12.7 Å². The lowest BCUT2D eigenvalue weighted by molar-refractivity contribution is 0.00238. The van der Waals surface area contributed by atoms with Crippen molar-refractivity contribution in [2.45, 2.75) is 25.7 Å². The highest BCUT2D eigenvalue weighted by molar-refractivity contribution is 6.64. The van der Waals surface area contributed by atoms with Crippen molar-refractivity contribution in [3.8, 4) is 5.75 Å². The van der Waals surface area contributed by atoms with Crippen molar-refractivity contribution in [3.63, 3.8) is 0 Å². The van der Waals surface area contributed by atoms with Crippen LogP contribution in [0.25, 0.3) is 0 Å². The predicted octanol–water partition coefficient (Wildman–Crippen LogP) is 0.261. The van der Waals surface area contributed by atoms with Crippen LogP contribution in [0, 0.1) is 6.92 Å². The van der Waals surface area contributed by atoms with Crippen LogP contribution in [0.5, 0.6) is 5.75 Å². The van der Waals surface area contributed by atoms with E-state index in [0.717, 1.165) is 16.8 Å². The molecule has 3 heterocycles. The van der Waals surface area contributed by atoms with E-state index in [-0.39, 0.29) is 25.4 Å². The van der Waals surface area contributed by atoms with Crippen LogP contribution >= 0.6 is 0 Å². The summed E-state index contributed by atoms with van der Waals surface area (Å²) in [5.74, 6) is 0.786. The number of aryl methyl sites for hydroxylation is 1. The second-order valence-corrected chi connectivity index (χ2v) is 5.97. The van der Waals surface area contributed by atoms with E-state index in [4.69, 9.17) is 33.4 Å². The summed E-state index contributed by atoms with van der Waals surface area (Å²) in [6.07, 6.45) is -0.535. The van der Waals surface area contributed by atoms with E-state index >= 15 is 0 Å². The summed E-state index contributed by atoms with van der Waals surface area (Å²) < 4.78 is 33.0. The fraction of sp³-hybridized carbons (Fsp3) is 0.438. The Morgan fingerprint density at radius 1 is 1.32 bits per heavy atom. The average Bonchev–Trinajstić information content (AvgIpc) is 3.05. The number of hydrogen-bond acceptors (Lipinski definition) is 8. The fourth-order valence-electron chi connectivity index (χ4n) is 3.07. The standard InChI is InChI=1S/C16H18BNO7/c1-9-14(23-16(19)22-9)8-20-6-10-7-21-12-4-2-3-11-13(5-18)25-17(24-10)15(11)12/h2-4,10,13H,5-8,18H2,1H3/t10-,13-/m1/s1. The van der Waals surface area contributed by atoms with Gasteiger partial charge >= 0.3 is 12.9 Å². The van der Waals surface area contributed by atoms with Gasteiger partial charge in [-0.15, -0.1) is 0 Å². The highest BCUT2D eigenvalue weighted by Crippen LogP contribution is 2.30. The van der Waals surface area contributed by atoms with Crippen molar-refractivity contribution < 1.29 is 27.6 Å². The molecule has 1 aromatic carbocycles. The molecule has 0 spiro atoms. The Hall–Kier alpha value is -2.07. The molecule has 0 radical (unpaired) electrons. The van der Waals surface area contributed by atoms with Crippen molar-refractivity contribution in [2.24, 2.45) is 5.73 Å². The minimum atomic E-state index is -0.736. The van der Waals surface area contributed by atoms with E-state index in [1.807, 2.05) is 18.2 Å². The Labute approximate surface area is 143 Å². The maximum atomic E-state index is 11.0. The number of rotatable bonds is 5. The number of benzene rings is 1. The third kappa shape index (κ3) is 3.11. The second-order valence-electron chi connectivity index (χ2n) is 5.97. The molecule has 0 unspecified atom stereocenters. The first-order valence-corrected chi connectivity index (χ1v) is 8.09. The zero-order valence-electron chi connectivity index (χ0n) is 13.7. The SMILES string of the molecule is Cc1oc(=O)oc1COC[C@@H]1COc2cccc3c2B(O1)O[C@@H]3CN. The Kier molecular flexibility index (Phi) is 4.38. The van der Waals surface area contributed by atoms with Gasteiger partial charge in [-0.1, -0.05) is 12.1 Å². The molecule has 4 rings (SSSR count). The van der Waals surface area contributed by atoms with Gasteiger partial charge in [-0.3, -0.25) is 0 Å². The highest BCUT2D eigenvalue weighted by Gasteiger charge is 2.43. The van der Waals surface area contributed by atoms with Gasteiger partial charge in [0, 0.05) is 12.0 Å². The molecule has 0 saturated heterocycles. The molecule has 0 saturated carbocycles. The summed E-state index contributed by atoms with van der Waals surface area (Å²) in [4.78, 5) is 11.0. The van der Waals surface area contributed by atoms with Gasteiger partial charge in [0.15, 0.2) is 5.76 Å². The first kappa shape index (κ1) is 16.4. The summed E-state index contributed by atoms with van der Waals surface area (Å²) in [5, 5.41) is 0. The number of nitrogens with two attached hydrogens (primary N) is 1. The molecule has 2 atom stereocenters. The molecule has 132 valence electrons. The summed E-state index contributed by atoms with van der Waals surface area (Å²) in [7, 11) is -0.524. The van der Waals surface area contributed by atoms with E-state index in [9.17, 15) is 4.79 Å². The van der Waals surface area contributed by atoms with Crippen LogP contribution in [0.3, 0.4) is 0 Å². The normalized spacial score (nSPS) is 21.8. The second kappa shape index (κ2) is 6.68. The molecule has 0 fully saturated rings. The Bertz CT molecular complexity index is 817. The highest BCUT2D eigenvalue weighted by atomic mass is 16.6. The summed E-state index contributed by atoms with van der Waals surface area (Å²) in [5.41, 5.74) is 7.68. The minimum Gasteiger partial charge on any atom is -0.491 e. The van der Waals surface area contributed by atoms with Gasteiger partial charge < -0.3 is 33.4 Å². The third-order valence-electron chi connectivity index (χ3n) is 4.30. The number of ether oxygens (including phenoxy) is 2. The molecule has 25 heavy (non-hydrogen) atoms. The first-order chi connectivity index (χ1) is 12.2. The van der Waals surface area contributed by atoms with E-state index in [1.165, 1.54) is 0 Å². The van der Waals surface area contributed by atoms with Crippen LogP contribution in [0.4, 0.5) is 0 Å². The van der Waals surface area contributed by atoms with Gasteiger partial charge in [-0.05, 0) is 18.6 Å². The quantitative estimate of drug-likeness (QED) is 0.768. The molecule has 2 aliphatic rings. The van der Waals surface area contributed by atoms with E-state index in [1.54, 1.807) is 6.92 Å². The zero-order chi connectivity index (χ0) is 17.4. The fourth-order valence-corrected chi connectivity index (χ4v) is 3.07. The van der Waals surface area contributed by atoms with Gasteiger partial charge in [-0.2, -0.15) is 0 Å². The number of hydrogen-bond donors (Lipinski definition) is 1. The van der Waals surface area contributed by atoms with E-state index < -0.39 is 12.9 Å². The van der Waals surface area contributed by atoms with Crippen molar-refractivity contribution in [3.05, 3.63) is 45.9 Å². The van der Waals surface area contributed by atoms with E-state index in [2.05, 4.69) is 0 Å². The van der Waals surface area contributed by atoms with Crippen LogP contribution in [0.2, 0.25) is 0 Å². The molecule has 2 aromatic rings. The Morgan fingerprint density at radius 3 is 2.96 bits per heavy atom. The summed E-state index contributed by atoms with van der Waals surface area (Å²) in [6.45, 7) is 2.72. The lowest BCUT2D eigenvalue weighted by Crippen LogP contribution is -2.37. The lowest BCUT2D eigenvalue weighted by Gasteiger charge is -2.18. The van der Waals surface area contributed by atoms with Gasteiger partial charge in [-0.25, -0.2) is 4.79 Å². The zero-order valence-corrected chi connectivity index (χ0v) is 13.7. The van der Waals surface area contributed by atoms with Crippen LogP contribution in [-0.2, 0) is 20.7 Å². The largest absolute Gasteiger partial charge is 0.519 e. The van der Waals surface area contributed by atoms with Crippen LogP contribution < -0.4 is 21.8 Å². The smallest absolute Gasteiger partial charge is 0.491 e. The van der Waals surface area contributed by atoms with E-state index in [0.29, 0.717) is 24.7 Å². The molecular weight excluding hydrogens is 329 g/mol. The predicted molar refractivity (Wildman–Crippen MR) is 86.7 cm³/mol. The Balaban J connectivity index is 1.42. The maximum Gasteiger partial charge on any atom is 0.519 e. The molecule has 9 heteroatoms. The topological polar surface area (TPSA) is 106 Å². The van der Waals surface area contributed by atoms with Gasteiger partial charge in [0.1, 0.15) is 30.8 Å². The van der Waals surface area contributed by atoms with Crippen molar-refractivity contribution in [1.82, 2.24) is 0 Å². The monoisotopic (exact) mass is 347 g/mol. The summed E-state index contributed by atoms with van der Waals surface area (Å²) >= 11 is 0. The molecule has 0 aliphatic carbocycles. The minimum absolute atomic E-state index is 0.118. The molecule has 2 aliphatic heterocycles. The first-order valence-electron chi connectivity index (χ1n) is 8.09. The van der Waals surface area contributed by atoms with Gasteiger partial charge in [0.25, 0.3) is 0 Å². The molecule has 1 aromatic heterocycles. The van der Waals surface area contributed by atoms with Gasteiger partial charge in [0.2, 0.25) is 0 Å². The maximum absolute atomic E-state index is 11.0. The Morgan fingerprint density at radius 2 is 2.20 bits per heavy atom. The molecule has 0 amide bonds. The molecular formula is C16H18BNO7. The van der Waals surface area contributed by atoms with Crippen molar-refractivity contribution in [2.75, 3.05) is 19.8 Å². The van der Waals surface area contributed by atoms with Crippen molar-refractivity contribution >= 4 is 12.6 Å².